The molecule has 10 nitrogen and oxygen atoms in total. The Morgan fingerprint density at radius 1 is 1.34 bits per heavy atom. The molecule has 0 aromatic carbocycles. The molecule has 32 heavy (non-hydrogen) atoms. The zero-order valence-corrected chi connectivity index (χ0v) is 18.5. The van der Waals surface area contributed by atoms with E-state index in [0.717, 1.165) is 19.4 Å². The zero-order valence-electron chi connectivity index (χ0n) is 18.5. The molecule has 1 amide bonds. The fourth-order valence-electron chi connectivity index (χ4n) is 3.38. The number of anilines is 1. The van der Waals surface area contributed by atoms with Crippen LogP contribution in [0.4, 0.5) is 5.82 Å². The molecule has 1 aliphatic heterocycles. The minimum Gasteiger partial charge on any atom is -0.491 e. The number of pyridine rings is 2. The highest BCUT2D eigenvalue weighted by Gasteiger charge is 2.20. The molecular weight excluding hydrogens is 410 g/mol. The minimum atomic E-state index is -0.373. The standard InChI is InChI=1S/C22H27N7O3/c1-15-6-5-10-32-22-17(12-16(13-23-22)31-11-9-28(2)3)21(30)26-19-8-4-7-18(25-19)20-27-24-14-29(15)20/h4,7-8,12-15H,5-6,9-11H2,1-3H3,(H,25,26,30). The van der Waals surface area contributed by atoms with E-state index in [2.05, 4.69) is 32.4 Å². The van der Waals surface area contributed by atoms with E-state index in [0.29, 0.717) is 41.9 Å². The van der Waals surface area contributed by atoms with Crippen molar-refractivity contribution in [2.45, 2.75) is 25.8 Å². The van der Waals surface area contributed by atoms with Crippen LogP contribution in [0.3, 0.4) is 0 Å². The molecule has 1 N–H and O–H groups in total. The van der Waals surface area contributed by atoms with Gasteiger partial charge in [0.15, 0.2) is 5.82 Å². The average molecular weight is 438 g/mol. The van der Waals surface area contributed by atoms with Crippen LogP contribution in [0, 0.1) is 0 Å². The third-order valence-corrected chi connectivity index (χ3v) is 5.15. The predicted molar refractivity (Wildman–Crippen MR) is 119 cm³/mol. The monoisotopic (exact) mass is 437 g/mol. The first-order chi connectivity index (χ1) is 15.5. The lowest BCUT2D eigenvalue weighted by atomic mass is 10.1. The second kappa shape index (κ2) is 9.73. The SMILES string of the molecule is CC1CCCOc2ncc(OCCN(C)C)cc2C(=O)Nc2cccc(n2)-c2nncn21. The van der Waals surface area contributed by atoms with Crippen LogP contribution in [0.5, 0.6) is 11.6 Å². The van der Waals surface area contributed by atoms with Crippen LogP contribution < -0.4 is 14.8 Å². The Bertz CT molecular complexity index is 1080. The lowest BCUT2D eigenvalue weighted by molar-refractivity contribution is 0.102. The molecule has 0 aliphatic carbocycles. The number of hydrogen-bond donors (Lipinski definition) is 1. The Hall–Kier alpha value is -3.53. The molecule has 168 valence electrons. The van der Waals surface area contributed by atoms with Crippen molar-refractivity contribution in [3.05, 3.63) is 42.4 Å². The summed E-state index contributed by atoms with van der Waals surface area (Å²) < 4.78 is 13.6. The van der Waals surface area contributed by atoms with Crippen molar-refractivity contribution >= 4 is 11.7 Å². The van der Waals surface area contributed by atoms with Gasteiger partial charge in [-0.2, -0.15) is 0 Å². The molecule has 3 aromatic rings. The molecule has 0 saturated carbocycles. The Morgan fingerprint density at radius 2 is 2.22 bits per heavy atom. The van der Waals surface area contributed by atoms with Crippen molar-refractivity contribution < 1.29 is 14.3 Å². The molecule has 1 unspecified atom stereocenters. The molecule has 0 fully saturated rings. The van der Waals surface area contributed by atoms with Gasteiger partial charge in [-0.3, -0.25) is 4.79 Å². The maximum atomic E-state index is 13.1. The zero-order chi connectivity index (χ0) is 22.5. The molecule has 4 rings (SSSR count). The van der Waals surface area contributed by atoms with Gasteiger partial charge in [0.05, 0.1) is 12.8 Å². The molecule has 1 atom stereocenters. The second-order valence-corrected chi connectivity index (χ2v) is 7.94. The number of rotatable bonds is 4. The van der Waals surface area contributed by atoms with Crippen molar-refractivity contribution in [2.24, 2.45) is 0 Å². The fraction of sp³-hybridized carbons (Fsp3) is 0.409. The molecule has 0 spiro atoms. The number of nitrogens with zero attached hydrogens (tertiary/aromatic N) is 6. The molecule has 0 saturated heterocycles. The van der Waals surface area contributed by atoms with E-state index in [-0.39, 0.29) is 17.8 Å². The molecule has 0 radical (unpaired) electrons. The first kappa shape index (κ1) is 21.7. The molecule has 1 aliphatic rings. The van der Waals surface area contributed by atoms with E-state index < -0.39 is 0 Å². The highest BCUT2D eigenvalue weighted by atomic mass is 16.5. The van der Waals surface area contributed by atoms with Gasteiger partial charge in [0.2, 0.25) is 5.88 Å². The van der Waals surface area contributed by atoms with Gasteiger partial charge in [0, 0.05) is 12.6 Å². The predicted octanol–water partition coefficient (Wildman–Crippen LogP) is 2.66. The van der Waals surface area contributed by atoms with Gasteiger partial charge in [-0.25, -0.2) is 9.97 Å². The Labute approximate surface area is 186 Å². The van der Waals surface area contributed by atoms with Gasteiger partial charge in [0.25, 0.3) is 5.91 Å². The van der Waals surface area contributed by atoms with Crippen molar-refractivity contribution in [1.29, 1.82) is 0 Å². The Morgan fingerprint density at radius 3 is 3.06 bits per heavy atom. The summed E-state index contributed by atoms with van der Waals surface area (Å²) in [5.74, 6) is 1.46. The number of carbonyl (C=O) groups excluding carboxylic acids is 1. The van der Waals surface area contributed by atoms with E-state index >= 15 is 0 Å². The molecule has 10 heteroatoms. The van der Waals surface area contributed by atoms with Crippen molar-refractivity contribution in [3.8, 4) is 23.1 Å². The summed E-state index contributed by atoms with van der Waals surface area (Å²) in [6.07, 6.45) is 4.90. The molecule has 4 heterocycles. The van der Waals surface area contributed by atoms with Gasteiger partial charge in [-0.1, -0.05) is 6.07 Å². The average Bonchev–Trinajstić information content (AvgIpc) is 3.27. The van der Waals surface area contributed by atoms with E-state index in [9.17, 15) is 4.79 Å². The maximum absolute atomic E-state index is 13.1. The lowest BCUT2D eigenvalue weighted by Gasteiger charge is -2.17. The van der Waals surface area contributed by atoms with Gasteiger partial charge >= 0.3 is 0 Å². The molecule has 2 bridgehead atoms. The van der Waals surface area contributed by atoms with Gasteiger partial charge < -0.3 is 24.3 Å². The summed E-state index contributed by atoms with van der Waals surface area (Å²) in [4.78, 5) is 24.0. The van der Waals surface area contributed by atoms with E-state index in [1.54, 1.807) is 24.7 Å². The summed E-state index contributed by atoms with van der Waals surface area (Å²) >= 11 is 0. The number of nitrogens with one attached hydrogen (secondary N) is 1. The highest BCUT2D eigenvalue weighted by Crippen LogP contribution is 2.26. The number of hydrogen-bond acceptors (Lipinski definition) is 8. The summed E-state index contributed by atoms with van der Waals surface area (Å²) in [7, 11) is 3.94. The summed E-state index contributed by atoms with van der Waals surface area (Å²) in [6.45, 7) is 3.77. The summed E-state index contributed by atoms with van der Waals surface area (Å²) in [6, 6.07) is 7.21. The molecular formula is C22H27N7O3. The van der Waals surface area contributed by atoms with Crippen LogP contribution in [0.15, 0.2) is 36.8 Å². The van der Waals surface area contributed by atoms with Crippen molar-refractivity contribution in [3.63, 3.8) is 0 Å². The van der Waals surface area contributed by atoms with Crippen molar-refractivity contribution in [2.75, 3.05) is 39.2 Å². The van der Waals surface area contributed by atoms with Crippen LogP contribution >= 0.6 is 0 Å². The van der Waals surface area contributed by atoms with E-state index in [1.807, 2.05) is 35.7 Å². The number of amides is 1. The Kier molecular flexibility index (Phi) is 6.60. The largest absolute Gasteiger partial charge is 0.491 e. The minimum absolute atomic E-state index is 0.159. The number of likely N-dealkylation sites (N-methyl/N-ethyl adjacent to an activating group) is 1. The highest BCUT2D eigenvalue weighted by molar-refractivity contribution is 6.05. The Balaban J connectivity index is 1.65. The number of ether oxygens (including phenoxy) is 2. The first-order valence-electron chi connectivity index (χ1n) is 10.6. The third kappa shape index (κ3) is 5.02. The van der Waals surface area contributed by atoms with Crippen LogP contribution in [0.25, 0.3) is 11.5 Å². The fourth-order valence-corrected chi connectivity index (χ4v) is 3.38. The van der Waals surface area contributed by atoms with E-state index in [4.69, 9.17) is 9.47 Å². The quantitative estimate of drug-likeness (QED) is 0.664. The van der Waals surface area contributed by atoms with Crippen LogP contribution in [-0.4, -0.2) is 69.4 Å². The number of aromatic nitrogens is 5. The maximum Gasteiger partial charge on any atom is 0.262 e. The summed E-state index contributed by atoms with van der Waals surface area (Å²) in [5, 5.41) is 11.1. The number of fused-ring (bicyclic) bond motifs is 5. The second-order valence-electron chi connectivity index (χ2n) is 7.94. The summed E-state index contributed by atoms with van der Waals surface area (Å²) in [5.41, 5.74) is 0.937. The molecule has 3 aromatic heterocycles. The van der Waals surface area contributed by atoms with Crippen LogP contribution in [0.2, 0.25) is 0 Å². The van der Waals surface area contributed by atoms with Crippen LogP contribution in [0.1, 0.15) is 36.2 Å². The van der Waals surface area contributed by atoms with Gasteiger partial charge in [-0.15, -0.1) is 10.2 Å². The van der Waals surface area contributed by atoms with E-state index in [1.165, 1.54) is 0 Å². The van der Waals surface area contributed by atoms with Crippen LogP contribution in [-0.2, 0) is 0 Å². The third-order valence-electron chi connectivity index (χ3n) is 5.15. The van der Waals surface area contributed by atoms with Gasteiger partial charge in [0.1, 0.15) is 35.8 Å². The lowest BCUT2D eigenvalue weighted by Crippen LogP contribution is -2.20. The number of carbonyl (C=O) groups is 1. The van der Waals surface area contributed by atoms with Crippen molar-refractivity contribution in [1.82, 2.24) is 29.6 Å². The first-order valence-corrected chi connectivity index (χ1v) is 10.6. The van der Waals surface area contributed by atoms with Gasteiger partial charge in [-0.05, 0) is 52.1 Å². The smallest absolute Gasteiger partial charge is 0.262 e. The topological polar surface area (TPSA) is 107 Å². The normalized spacial score (nSPS) is 16.4.